The maximum absolute atomic E-state index is 12.5. The number of nitro groups is 1. The Morgan fingerprint density at radius 2 is 1.77 bits per heavy atom. The summed E-state index contributed by atoms with van der Waals surface area (Å²) >= 11 is 0. The van der Waals surface area contributed by atoms with Gasteiger partial charge in [0.05, 0.1) is 26.0 Å². The van der Waals surface area contributed by atoms with E-state index in [9.17, 15) is 18.5 Å². The van der Waals surface area contributed by atoms with E-state index < -0.39 is 20.4 Å². The molecular formula is C14H12N2O5S. The third-order valence-corrected chi connectivity index (χ3v) is 4.84. The average Bonchev–Trinajstić information content (AvgIpc) is 2.54. The zero-order chi connectivity index (χ0) is 16.3. The predicted molar refractivity (Wildman–Crippen MR) is 79.0 cm³/mol. The lowest BCUT2D eigenvalue weighted by atomic mass is 10.1. The number of nitrogens with zero attached hydrogens (tertiary/aromatic N) is 2. The molecule has 2 aromatic rings. The van der Waals surface area contributed by atoms with E-state index in [0.29, 0.717) is 0 Å². The van der Waals surface area contributed by atoms with Gasteiger partial charge in [0, 0.05) is 6.07 Å². The van der Waals surface area contributed by atoms with Gasteiger partial charge >= 0.3 is 0 Å². The molecule has 0 heterocycles. The van der Waals surface area contributed by atoms with Gasteiger partial charge in [-0.1, -0.05) is 23.4 Å². The maximum Gasteiger partial charge on any atom is 0.279 e. The number of hydrogen-bond donors (Lipinski definition) is 1. The molecule has 1 N–H and O–H groups in total. The lowest BCUT2D eigenvalue weighted by Crippen LogP contribution is -2.06. The van der Waals surface area contributed by atoms with Crippen molar-refractivity contribution in [1.82, 2.24) is 0 Å². The molecule has 0 aliphatic heterocycles. The molecule has 22 heavy (non-hydrogen) atoms. The summed E-state index contributed by atoms with van der Waals surface area (Å²) in [6.45, 7) is 1.38. The third kappa shape index (κ3) is 2.82. The van der Waals surface area contributed by atoms with Gasteiger partial charge in [-0.25, -0.2) is 8.42 Å². The molecule has 0 aliphatic rings. The van der Waals surface area contributed by atoms with Crippen LogP contribution in [0.1, 0.15) is 12.5 Å². The Labute approximate surface area is 126 Å². The van der Waals surface area contributed by atoms with Crippen LogP contribution in [0.3, 0.4) is 0 Å². The Balaban J connectivity index is 2.64. The van der Waals surface area contributed by atoms with E-state index in [-0.39, 0.29) is 21.1 Å². The van der Waals surface area contributed by atoms with Crippen molar-refractivity contribution in [2.45, 2.75) is 16.7 Å². The SMILES string of the molecule is C/C(=N/O)c1ccc(S(=O)(=O)c2ccccc2)cc1[N+](=O)[O-]. The molecular weight excluding hydrogens is 308 g/mol. The largest absolute Gasteiger partial charge is 0.411 e. The van der Waals surface area contributed by atoms with E-state index in [0.717, 1.165) is 6.07 Å². The second-order valence-electron chi connectivity index (χ2n) is 4.44. The van der Waals surface area contributed by atoms with Crippen LogP contribution in [-0.2, 0) is 9.84 Å². The standard InChI is InChI=1S/C14H12N2O5S/c1-10(15-17)13-8-7-12(9-14(13)16(18)19)22(20,21)11-5-3-2-4-6-11/h2-9,17H,1H3/b15-10-. The molecule has 0 spiro atoms. The first-order chi connectivity index (χ1) is 10.4. The Morgan fingerprint density at radius 1 is 1.14 bits per heavy atom. The number of rotatable bonds is 4. The van der Waals surface area contributed by atoms with Crippen molar-refractivity contribution in [2.24, 2.45) is 5.16 Å². The normalized spacial score (nSPS) is 12.1. The summed E-state index contributed by atoms with van der Waals surface area (Å²) in [5.41, 5.74) is -0.359. The average molecular weight is 320 g/mol. The highest BCUT2D eigenvalue weighted by Gasteiger charge is 2.24. The fourth-order valence-electron chi connectivity index (χ4n) is 1.93. The summed E-state index contributed by atoms with van der Waals surface area (Å²) in [6, 6.07) is 11.1. The van der Waals surface area contributed by atoms with Crippen LogP contribution in [0.2, 0.25) is 0 Å². The first kappa shape index (κ1) is 15.6. The molecule has 8 heteroatoms. The van der Waals surface area contributed by atoms with Crippen molar-refractivity contribution < 1.29 is 18.5 Å². The molecule has 0 fully saturated rings. The van der Waals surface area contributed by atoms with Gasteiger partial charge in [0.1, 0.15) is 0 Å². The summed E-state index contributed by atoms with van der Waals surface area (Å²) in [4.78, 5) is 10.3. The molecule has 0 saturated carbocycles. The Bertz CT molecular complexity index is 845. The van der Waals surface area contributed by atoms with Crippen molar-refractivity contribution in [1.29, 1.82) is 0 Å². The van der Waals surface area contributed by atoms with Crippen LogP contribution >= 0.6 is 0 Å². The quantitative estimate of drug-likeness (QED) is 0.403. The highest BCUT2D eigenvalue weighted by molar-refractivity contribution is 7.91. The molecule has 0 bridgehead atoms. The summed E-state index contributed by atoms with van der Waals surface area (Å²) in [5, 5.41) is 22.8. The summed E-state index contributed by atoms with van der Waals surface area (Å²) in [7, 11) is -3.85. The molecule has 0 atom stereocenters. The van der Waals surface area contributed by atoms with E-state index in [2.05, 4.69) is 5.16 Å². The number of hydrogen-bond acceptors (Lipinski definition) is 6. The molecule has 2 aromatic carbocycles. The number of benzene rings is 2. The lowest BCUT2D eigenvalue weighted by molar-refractivity contribution is -0.385. The van der Waals surface area contributed by atoms with Crippen molar-refractivity contribution in [2.75, 3.05) is 0 Å². The lowest BCUT2D eigenvalue weighted by Gasteiger charge is -2.07. The molecule has 0 aromatic heterocycles. The third-order valence-electron chi connectivity index (χ3n) is 3.07. The second kappa shape index (κ2) is 5.94. The van der Waals surface area contributed by atoms with Crippen LogP contribution < -0.4 is 0 Å². The maximum atomic E-state index is 12.5. The van der Waals surface area contributed by atoms with E-state index in [1.165, 1.54) is 31.2 Å². The molecule has 114 valence electrons. The molecule has 0 aliphatic carbocycles. The summed E-state index contributed by atoms with van der Waals surface area (Å²) in [6.07, 6.45) is 0. The van der Waals surface area contributed by atoms with Gasteiger partial charge < -0.3 is 5.21 Å². The van der Waals surface area contributed by atoms with Gasteiger partial charge in [-0.15, -0.1) is 0 Å². The van der Waals surface area contributed by atoms with Gasteiger partial charge in [0.25, 0.3) is 5.69 Å². The van der Waals surface area contributed by atoms with Gasteiger partial charge in [-0.2, -0.15) is 0 Å². The summed E-state index contributed by atoms with van der Waals surface area (Å²) in [5.74, 6) is 0. The number of nitro benzene ring substituents is 1. The number of oxime groups is 1. The van der Waals surface area contributed by atoms with Crippen LogP contribution in [0.25, 0.3) is 0 Å². The topological polar surface area (TPSA) is 110 Å². The van der Waals surface area contributed by atoms with Crippen LogP contribution in [-0.4, -0.2) is 24.3 Å². The molecule has 0 radical (unpaired) electrons. The first-order valence-corrected chi connectivity index (χ1v) is 7.64. The van der Waals surface area contributed by atoms with E-state index in [1.807, 2.05) is 0 Å². The molecule has 2 rings (SSSR count). The minimum absolute atomic E-state index is 0.0235. The highest BCUT2D eigenvalue weighted by Crippen LogP contribution is 2.27. The monoisotopic (exact) mass is 320 g/mol. The van der Waals surface area contributed by atoms with Crippen LogP contribution in [0, 0.1) is 10.1 Å². The van der Waals surface area contributed by atoms with Gasteiger partial charge in [-0.05, 0) is 31.2 Å². The Morgan fingerprint density at radius 3 is 2.32 bits per heavy atom. The van der Waals surface area contributed by atoms with Crippen molar-refractivity contribution in [3.05, 3.63) is 64.2 Å². The molecule has 0 saturated heterocycles. The van der Waals surface area contributed by atoms with Gasteiger partial charge in [-0.3, -0.25) is 10.1 Å². The minimum atomic E-state index is -3.85. The zero-order valence-electron chi connectivity index (χ0n) is 11.5. The van der Waals surface area contributed by atoms with Gasteiger partial charge in [0.2, 0.25) is 9.84 Å². The molecule has 0 amide bonds. The van der Waals surface area contributed by atoms with Crippen molar-refractivity contribution in [3.8, 4) is 0 Å². The highest BCUT2D eigenvalue weighted by atomic mass is 32.2. The van der Waals surface area contributed by atoms with E-state index in [4.69, 9.17) is 5.21 Å². The van der Waals surface area contributed by atoms with E-state index in [1.54, 1.807) is 18.2 Å². The Hall–Kier alpha value is -2.74. The zero-order valence-corrected chi connectivity index (χ0v) is 12.3. The molecule has 7 nitrogen and oxygen atoms in total. The Kier molecular flexibility index (Phi) is 4.22. The first-order valence-electron chi connectivity index (χ1n) is 6.15. The van der Waals surface area contributed by atoms with Crippen LogP contribution in [0.15, 0.2) is 63.5 Å². The fourth-order valence-corrected chi connectivity index (χ4v) is 3.23. The predicted octanol–water partition coefficient (Wildman–Crippen LogP) is 2.63. The summed E-state index contributed by atoms with van der Waals surface area (Å²) < 4.78 is 24.9. The molecule has 0 unspecified atom stereocenters. The number of sulfone groups is 1. The smallest absolute Gasteiger partial charge is 0.279 e. The second-order valence-corrected chi connectivity index (χ2v) is 6.39. The van der Waals surface area contributed by atoms with Gasteiger partial charge in [0.15, 0.2) is 0 Å². The minimum Gasteiger partial charge on any atom is -0.411 e. The van der Waals surface area contributed by atoms with Crippen LogP contribution in [0.5, 0.6) is 0 Å². The fraction of sp³-hybridized carbons (Fsp3) is 0.0714. The van der Waals surface area contributed by atoms with E-state index >= 15 is 0 Å². The van der Waals surface area contributed by atoms with Crippen LogP contribution in [0.4, 0.5) is 5.69 Å². The van der Waals surface area contributed by atoms with Crippen molar-refractivity contribution >= 4 is 21.2 Å². The van der Waals surface area contributed by atoms with Crippen molar-refractivity contribution in [3.63, 3.8) is 0 Å².